The maximum Gasteiger partial charge on any atom is 0.261 e. The standard InChI is InChI=1S/C24H32N2O3/c1-6-21(24(28)25-5)26(15-19-12-8-7-11-18(19)4)23(27)16-29-22-14-10-9-13-20(22)17(2)3/h7-14,17,21H,6,15-16H2,1-5H3,(H,25,28)/t21-/m0/s1. The summed E-state index contributed by atoms with van der Waals surface area (Å²) in [6.45, 7) is 8.36. The van der Waals surface area contributed by atoms with Crippen LogP contribution in [0, 0.1) is 6.92 Å². The highest BCUT2D eigenvalue weighted by atomic mass is 16.5. The number of benzene rings is 2. The molecule has 0 saturated heterocycles. The van der Waals surface area contributed by atoms with Crippen LogP contribution in [-0.2, 0) is 16.1 Å². The van der Waals surface area contributed by atoms with Gasteiger partial charge in [-0.05, 0) is 42.0 Å². The molecule has 0 radical (unpaired) electrons. The number of nitrogens with one attached hydrogen (secondary N) is 1. The fraction of sp³-hybridized carbons (Fsp3) is 0.417. The molecule has 0 heterocycles. The molecule has 2 aromatic rings. The van der Waals surface area contributed by atoms with Gasteiger partial charge >= 0.3 is 0 Å². The number of nitrogens with zero attached hydrogens (tertiary/aromatic N) is 1. The Morgan fingerprint density at radius 2 is 1.72 bits per heavy atom. The van der Waals surface area contributed by atoms with Crippen molar-refractivity contribution in [1.82, 2.24) is 10.2 Å². The summed E-state index contributed by atoms with van der Waals surface area (Å²) in [5, 5.41) is 2.68. The first-order chi connectivity index (χ1) is 13.9. The zero-order chi connectivity index (χ0) is 21.4. The van der Waals surface area contributed by atoms with Gasteiger partial charge in [0.05, 0.1) is 0 Å². The number of carbonyl (C=O) groups excluding carboxylic acids is 2. The highest BCUT2D eigenvalue weighted by Gasteiger charge is 2.28. The zero-order valence-corrected chi connectivity index (χ0v) is 18.1. The minimum Gasteiger partial charge on any atom is -0.483 e. The van der Waals surface area contributed by atoms with Crippen LogP contribution in [-0.4, -0.2) is 36.4 Å². The molecule has 0 aliphatic rings. The van der Waals surface area contributed by atoms with Crippen molar-refractivity contribution in [3.63, 3.8) is 0 Å². The fourth-order valence-electron chi connectivity index (χ4n) is 3.37. The van der Waals surface area contributed by atoms with E-state index in [-0.39, 0.29) is 18.4 Å². The van der Waals surface area contributed by atoms with E-state index >= 15 is 0 Å². The lowest BCUT2D eigenvalue weighted by atomic mass is 10.0. The van der Waals surface area contributed by atoms with Crippen LogP contribution in [0.4, 0.5) is 0 Å². The largest absolute Gasteiger partial charge is 0.483 e. The Kier molecular flexibility index (Phi) is 8.25. The van der Waals surface area contributed by atoms with Crippen LogP contribution in [0.1, 0.15) is 49.8 Å². The van der Waals surface area contributed by atoms with E-state index in [1.165, 1.54) is 0 Å². The first-order valence-electron chi connectivity index (χ1n) is 10.2. The highest BCUT2D eigenvalue weighted by molar-refractivity contribution is 5.88. The number of hydrogen-bond donors (Lipinski definition) is 1. The number of carbonyl (C=O) groups is 2. The van der Waals surface area contributed by atoms with Gasteiger partial charge in [-0.1, -0.05) is 63.2 Å². The van der Waals surface area contributed by atoms with Crippen molar-refractivity contribution in [1.29, 1.82) is 0 Å². The van der Waals surface area contributed by atoms with Gasteiger partial charge in [0.2, 0.25) is 5.91 Å². The van der Waals surface area contributed by atoms with Crippen molar-refractivity contribution in [2.75, 3.05) is 13.7 Å². The second-order valence-corrected chi connectivity index (χ2v) is 7.47. The second-order valence-electron chi connectivity index (χ2n) is 7.47. The highest BCUT2D eigenvalue weighted by Crippen LogP contribution is 2.26. The summed E-state index contributed by atoms with van der Waals surface area (Å²) in [5.74, 6) is 0.623. The maximum absolute atomic E-state index is 13.2. The van der Waals surface area contributed by atoms with Gasteiger partial charge in [-0.25, -0.2) is 0 Å². The predicted octanol–water partition coefficient (Wildman–Crippen LogP) is 4.05. The molecular weight excluding hydrogens is 364 g/mol. The minimum absolute atomic E-state index is 0.108. The lowest BCUT2D eigenvalue weighted by Crippen LogP contribution is -2.49. The van der Waals surface area contributed by atoms with Crippen molar-refractivity contribution in [3.05, 3.63) is 65.2 Å². The fourth-order valence-corrected chi connectivity index (χ4v) is 3.37. The van der Waals surface area contributed by atoms with Gasteiger partial charge in [-0.15, -0.1) is 0 Å². The Morgan fingerprint density at radius 1 is 1.07 bits per heavy atom. The second kappa shape index (κ2) is 10.6. The number of ether oxygens (including phenoxy) is 1. The van der Waals surface area contributed by atoms with Gasteiger partial charge in [0, 0.05) is 13.6 Å². The average Bonchev–Trinajstić information content (AvgIpc) is 2.73. The van der Waals surface area contributed by atoms with Gasteiger partial charge in [0.1, 0.15) is 11.8 Å². The molecule has 2 rings (SSSR count). The van der Waals surface area contributed by atoms with Crippen LogP contribution in [0.2, 0.25) is 0 Å². The Balaban J connectivity index is 2.24. The molecule has 0 bridgehead atoms. The number of hydrogen-bond acceptors (Lipinski definition) is 3. The van der Waals surface area contributed by atoms with Crippen molar-refractivity contribution < 1.29 is 14.3 Å². The third-order valence-corrected chi connectivity index (χ3v) is 5.13. The molecule has 0 aliphatic heterocycles. The monoisotopic (exact) mass is 396 g/mol. The quantitative estimate of drug-likeness (QED) is 0.696. The van der Waals surface area contributed by atoms with E-state index in [9.17, 15) is 9.59 Å². The third-order valence-electron chi connectivity index (χ3n) is 5.13. The number of para-hydroxylation sites is 1. The van der Waals surface area contributed by atoms with E-state index in [0.29, 0.717) is 24.6 Å². The summed E-state index contributed by atoms with van der Waals surface area (Å²) in [5.41, 5.74) is 3.16. The zero-order valence-electron chi connectivity index (χ0n) is 18.1. The van der Waals surface area contributed by atoms with Gasteiger partial charge in [0.15, 0.2) is 6.61 Å². The number of amides is 2. The first-order valence-corrected chi connectivity index (χ1v) is 10.2. The summed E-state index contributed by atoms with van der Waals surface area (Å²) in [4.78, 5) is 27.2. The van der Waals surface area contributed by atoms with E-state index in [1.54, 1.807) is 11.9 Å². The molecule has 0 saturated carbocycles. The summed E-state index contributed by atoms with van der Waals surface area (Å²) in [6, 6.07) is 15.1. The molecule has 5 heteroatoms. The molecule has 0 aromatic heterocycles. The topological polar surface area (TPSA) is 58.6 Å². The summed E-state index contributed by atoms with van der Waals surface area (Å²) >= 11 is 0. The van der Waals surface area contributed by atoms with Gasteiger partial charge in [0.25, 0.3) is 5.91 Å². The van der Waals surface area contributed by atoms with Gasteiger partial charge in [-0.2, -0.15) is 0 Å². The number of rotatable bonds is 9. The molecule has 0 aliphatic carbocycles. The number of likely N-dealkylation sites (N-methyl/N-ethyl adjacent to an activating group) is 1. The average molecular weight is 397 g/mol. The predicted molar refractivity (Wildman–Crippen MR) is 116 cm³/mol. The Hall–Kier alpha value is -2.82. The molecule has 0 spiro atoms. The molecule has 29 heavy (non-hydrogen) atoms. The molecule has 2 aromatic carbocycles. The lowest BCUT2D eigenvalue weighted by Gasteiger charge is -2.30. The smallest absolute Gasteiger partial charge is 0.261 e. The molecule has 5 nitrogen and oxygen atoms in total. The van der Waals surface area contributed by atoms with E-state index in [2.05, 4.69) is 19.2 Å². The summed E-state index contributed by atoms with van der Waals surface area (Å²) in [6.07, 6.45) is 0.528. The first kappa shape index (κ1) is 22.5. The van der Waals surface area contributed by atoms with E-state index in [0.717, 1.165) is 16.7 Å². The molecule has 1 atom stereocenters. The molecule has 156 valence electrons. The molecule has 0 fully saturated rings. The molecule has 0 unspecified atom stereocenters. The molecule has 2 amide bonds. The van der Waals surface area contributed by atoms with Crippen LogP contribution in [0.5, 0.6) is 5.75 Å². The van der Waals surface area contributed by atoms with E-state index < -0.39 is 6.04 Å². The lowest BCUT2D eigenvalue weighted by molar-refractivity contribution is -0.142. The Labute approximate surface area is 174 Å². The van der Waals surface area contributed by atoms with Crippen LogP contribution in [0.3, 0.4) is 0 Å². The van der Waals surface area contributed by atoms with Gasteiger partial charge < -0.3 is 15.0 Å². The SMILES string of the molecule is CC[C@@H](C(=O)NC)N(Cc1ccccc1C)C(=O)COc1ccccc1C(C)C. The third kappa shape index (κ3) is 5.83. The van der Waals surface area contributed by atoms with E-state index in [4.69, 9.17) is 4.74 Å². The Bertz CT molecular complexity index is 832. The Morgan fingerprint density at radius 3 is 2.34 bits per heavy atom. The van der Waals surface area contributed by atoms with Crippen molar-refractivity contribution in [2.24, 2.45) is 0 Å². The van der Waals surface area contributed by atoms with Gasteiger partial charge in [-0.3, -0.25) is 9.59 Å². The van der Waals surface area contributed by atoms with Crippen LogP contribution >= 0.6 is 0 Å². The van der Waals surface area contributed by atoms with Crippen LogP contribution < -0.4 is 10.1 Å². The summed E-state index contributed by atoms with van der Waals surface area (Å²) in [7, 11) is 1.59. The normalized spacial score (nSPS) is 11.8. The number of aryl methyl sites for hydroxylation is 1. The summed E-state index contributed by atoms with van der Waals surface area (Å²) < 4.78 is 5.89. The van der Waals surface area contributed by atoms with Crippen molar-refractivity contribution in [2.45, 2.75) is 52.6 Å². The van der Waals surface area contributed by atoms with Crippen molar-refractivity contribution in [3.8, 4) is 5.75 Å². The molecular formula is C24H32N2O3. The molecule has 1 N–H and O–H groups in total. The van der Waals surface area contributed by atoms with Crippen LogP contribution in [0.25, 0.3) is 0 Å². The van der Waals surface area contributed by atoms with Crippen molar-refractivity contribution >= 4 is 11.8 Å². The van der Waals surface area contributed by atoms with Crippen LogP contribution in [0.15, 0.2) is 48.5 Å². The minimum atomic E-state index is -0.545. The maximum atomic E-state index is 13.2. The van der Waals surface area contributed by atoms with E-state index in [1.807, 2.05) is 62.4 Å².